The normalized spacial score (nSPS) is 11.2. The van der Waals surface area contributed by atoms with Crippen LogP contribution >= 0.6 is 0 Å². The minimum atomic E-state index is -1.27. The van der Waals surface area contributed by atoms with Gasteiger partial charge in [-0.2, -0.15) is 0 Å². The largest absolute Gasteiger partial charge is 0.477 e. The summed E-state index contributed by atoms with van der Waals surface area (Å²) in [6.07, 6.45) is 1.52. The van der Waals surface area contributed by atoms with Crippen molar-refractivity contribution in [3.05, 3.63) is 65.4 Å². The lowest BCUT2D eigenvalue weighted by molar-refractivity contribution is 0.0698. The van der Waals surface area contributed by atoms with E-state index in [4.69, 9.17) is 4.52 Å². The van der Waals surface area contributed by atoms with Crippen molar-refractivity contribution in [3.63, 3.8) is 0 Å². The predicted molar refractivity (Wildman–Crippen MR) is 99.8 cm³/mol. The molecule has 2 aromatic heterocycles. The molecule has 3 rings (SSSR count). The molecule has 7 heteroatoms. The zero-order valence-electron chi connectivity index (χ0n) is 15.2. The zero-order valence-corrected chi connectivity index (χ0v) is 15.2. The minimum Gasteiger partial charge on any atom is -0.477 e. The molecule has 0 radical (unpaired) electrons. The van der Waals surface area contributed by atoms with E-state index in [0.29, 0.717) is 11.3 Å². The fraction of sp³-hybridized carbons (Fsp3) is 0.200. The van der Waals surface area contributed by atoms with Crippen molar-refractivity contribution in [2.75, 3.05) is 5.32 Å². The van der Waals surface area contributed by atoms with Gasteiger partial charge < -0.3 is 9.63 Å². The van der Waals surface area contributed by atoms with Gasteiger partial charge in [-0.05, 0) is 35.2 Å². The van der Waals surface area contributed by atoms with E-state index in [1.54, 1.807) is 30.3 Å². The first-order chi connectivity index (χ1) is 12.8. The number of nitrogens with one attached hydrogen (secondary N) is 1. The predicted octanol–water partition coefficient (Wildman–Crippen LogP) is 3.98. The number of amides is 1. The van der Waals surface area contributed by atoms with Gasteiger partial charge in [-0.3, -0.25) is 15.1 Å². The van der Waals surface area contributed by atoms with Gasteiger partial charge in [0.15, 0.2) is 5.56 Å². The molecule has 0 bridgehead atoms. The number of aromatic carboxylic acids is 1. The second kappa shape index (κ2) is 7.03. The first-order valence-electron chi connectivity index (χ1n) is 8.33. The summed E-state index contributed by atoms with van der Waals surface area (Å²) in [6, 6.07) is 12.1. The molecule has 0 saturated carbocycles. The van der Waals surface area contributed by atoms with Crippen LogP contribution in [0.4, 0.5) is 5.88 Å². The van der Waals surface area contributed by atoms with Crippen LogP contribution in [0.5, 0.6) is 0 Å². The van der Waals surface area contributed by atoms with Crippen LogP contribution in [0.2, 0.25) is 0 Å². The third-order valence-electron chi connectivity index (χ3n) is 4.05. The van der Waals surface area contributed by atoms with Gasteiger partial charge in [0.25, 0.3) is 5.91 Å². The van der Waals surface area contributed by atoms with Crippen LogP contribution in [0.25, 0.3) is 11.4 Å². The molecule has 1 aromatic carbocycles. The first-order valence-corrected chi connectivity index (χ1v) is 8.33. The second-order valence-electron chi connectivity index (χ2n) is 7.04. The molecule has 27 heavy (non-hydrogen) atoms. The van der Waals surface area contributed by atoms with Gasteiger partial charge in [0.1, 0.15) is 5.69 Å². The van der Waals surface area contributed by atoms with Gasteiger partial charge in [-0.25, -0.2) is 4.79 Å². The maximum Gasteiger partial charge on any atom is 0.343 e. The zero-order chi connectivity index (χ0) is 19.6. The fourth-order valence-corrected chi connectivity index (χ4v) is 2.55. The standard InChI is InChI=1S/C20H19N3O4/c1-20(2,3)13-9-7-12(8-10-13)17(24)22-18-15(19(25)26)16(23-27-18)14-6-4-5-11-21-14/h4-11H,1-3H3,(H,22,24)(H,25,26). The number of pyridine rings is 1. The van der Waals surface area contributed by atoms with E-state index in [2.05, 4.69) is 36.2 Å². The molecule has 0 atom stereocenters. The molecule has 2 N–H and O–H groups in total. The maximum absolute atomic E-state index is 12.5. The van der Waals surface area contributed by atoms with Crippen molar-refractivity contribution < 1.29 is 19.2 Å². The van der Waals surface area contributed by atoms with Gasteiger partial charge in [-0.1, -0.05) is 44.1 Å². The second-order valence-corrected chi connectivity index (χ2v) is 7.04. The van der Waals surface area contributed by atoms with Crippen LogP contribution in [0, 0.1) is 0 Å². The maximum atomic E-state index is 12.5. The van der Waals surface area contributed by atoms with Crippen LogP contribution < -0.4 is 5.32 Å². The highest BCUT2D eigenvalue weighted by Gasteiger charge is 2.26. The van der Waals surface area contributed by atoms with E-state index in [1.807, 2.05) is 12.1 Å². The van der Waals surface area contributed by atoms with E-state index < -0.39 is 11.9 Å². The summed E-state index contributed by atoms with van der Waals surface area (Å²) in [4.78, 5) is 28.2. The number of anilines is 1. The third kappa shape index (κ3) is 3.87. The summed E-state index contributed by atoms with van der Waals surface area (Å²) < 4.78 is 5.08. The van der Waals surface area contributed by atoms with E-state index in [9.17, 15) is 14.7 Å². The molecular weight excluding hydrogens is 346 g/mol. The molecule has 0 aliphatic carbocycles. The smallest absolute Gasteiger partial charge is 0.343 e. The molecule has 0 aliphatic heterocycles. The molecule has 0 unspecified atom stereocenters. The topological polar surface area (TPSA) is 105 Å². The van der Waals surface area contributed by atoms with Crippen LogP contribution in [-0.2, 0) is 5.41 Å². The molecule has 3 aromatic rings. The Labute approximate surface area is 156 Å². The highest BCUT2D eigenvalue weighted by Crippen LogP contribution is 2.28. The average Bonchev–Trinajstić information content (AvgIpc) is 3.05. The molecule has 0 fully saturated rings. The minimum absolute atomic E-state index is 0.0337. The summed E-state index contributed by atoms with van der Waals surface area (Å²) in [7, 11) is 0. The fourth-order valence-electron chi connectivity index (χ4n) is 2.55. The Kier molecular flexibility index (Phi) is 4.77. The van der Waals surface area contributed by atoms with E-state index in [0.717, 1.165) is 5.56 Å². The number of carbonyl (C=O) groups excluding carboxylic acids is 1. The van der Waals surface area contributed by atoms with Crippen molar-refractivity contribution in [1.29, 1.82) is 0 Å². The van der Waals surface area contributed by atoms with Gasteiger partial charge in [0.05, 0.1) is 5.69 Å². The Bertz CT molecular complexity index is 971. The monoisotopic (exact) mass is 365 g/mol. The first kappa shape index (κ1) is 18.3. The highest BCUT2D eigenvalue weighted by molar-refractivity contribution is 6.08. The summed E-state index contributed by atoms with van der Waals surface area (Å²) in [5.41, 5.74) is 1.59. The van der Waals surface area contributed by atoms with E-state index >= 15 is 0 Å². The number of carboxylic acid groups (broad SMARTS) is 1. The molecule has 138 valence electrons. The SMILES string of the molecule is CC(C)(C)c1ccc(C(=O)Nc2onc(-c3ccccn3)c2C(=O)O)cc1. The number of rotatable bonds is 4. The lowest BCUT2D eigenvalue weighted by Crippen LogP contribution is -2.15. The van der Waals surface area contributed by atoms with Crippen molar-refractivity contribution >= 4 is 17.8 Å². The Morgan fingerprint density at radius 1 is 1.07 bits per heavy atom. The van der Waals surface area contributed by atoms with E-state index in [-0.39, 0.29) is 22.6 Å². The molecule has 1 amide bonds. The van der Waals surface area contributed by atoms with Crippen LogP contribution in [0.3, 0.4) is 0 Å². The van der Waals surface area contributed by atoms with Crippen molar-refractivity contribution in [2.45, 2.75) is 26.2 Å². The van der Waals surface area contributed by atoms with Crippen molar-refractivity contribution in [3.8, 4) is 11.4 Å². The number of hydrogen-bond donors (Lipinski definition) is 2. The lowest BCUT2D eigenvalue weighted by Gasteiger charge is -2.18. The number of aromatic nitrogens is 2. The van der Waals surface area contributed by atoms with Gasteiger partial charge in [-0.15, -0.1) is 0 Å². The number of carboxylic acids is 1. The van der Waals surface area contributed by atoms with Crippen molar-refractivity contribution in [1.82, 2.24) is 10.1 Å². The van der Waals surface area contributed by atoms with Crippen LogP contribution in [0.15, 0.2) is 53.2 Å². The molecule has 2 heterocycles. The van der Waals surface area contributed by atoms with E-state index in [1.165, 1.54) is 6.20 Å². The Morgan fingerprint density at radius 2 is 1.78 bits per heavy atom. The van der Waals surface area contributed by atoms with Crippen molar-refractivity contribution in [2.24, 2.45) is 0 Å². The Hall–Kier alpha value is -3.48. The van der Waals surface area contributed by atoms with Gasteiger partial charge in [0.2, 0.25) is 5.88 Å². The van der Waals surface area contributed by atoms with Crippen LogP contribution in [-0.4, -0.2) is 27.1 Å². The Balaban J connectivity index is 1.88. The third-order valence-corrected chi connectivity index (χ3v) is 4.05. The molecule has 7 nitrogen and oxygen atoms in total. The van der Waals surface area contributed by atoms with Gasteiger partial charge >= 0.3 is 5.97 Å². The number of carbonyl (C=O) groups is 2. The summed E-state index contributed by atoms with van der Waals surface area (Å²) >= 11 is 0. The number of hydrogen-bond acceptors (Lipinski definition) is 5. The molecule has 0 spiro atoms. The lowest BCUT2D eigenvalue weighted by atomic mass is 9.87. The highest BCUT2D eigenvalue weighted by atomic mass is 16.5. The number of nitrogens with zero attached hydrogens (tertiary/aromatic N) is 2. The summed E-state index contributed by atoms with van der Waals surface area (Å²) in [5.74, 6) is -1.98. The quantitative estimate of drug-likeness (QED) is 0.724. The molecular formula is C20H19N3O4. The van der Waals surface area contributed by atoms with Gasteiger partial charge in [0, 0.05) is 11.8 Å². The van der Waals surface area contributed by atoms with Crippen LogP contribution in [0.1, 0.15) is 47.1 Å². The summed E-state index contributed by atoms with van der Waals surface area (Å²) in [5, 5.41) is 15.8. The summed E-state index contributed by atoms with van der Waals surface area (Å²) in [6.45, 7) is 6.23. The number of benzene rings is 1. The Morgan fingerprint density at radius 3 is 2.33 bits per heavy atom. The molecule has 0 aliphatic rings. The molecule has 0 saturated heterocycles. The average molecular weight is 365 g/mol.